The smallest absolute Gasteiger partial charge is 0.319 e. The van der Waals surface area contributed by atoms with Crippen LogP contribution >= 0.6 is 23.5 Å². The predicted octanol–water partition coefficient (Wildman–Crippen LogP) is 0.806. The Hall–Kier alpha value is -2.40. The molecule has 9 nitrogen and oxygen atoms in total. The van der Waals surface area contributed by atoms with E-state index in [1.807, 2.05) is 24.5 Å². The lowest BCUT2D eigenvalue weighted by Crippen LogP contribution is -2.56. The standard InChI is InChI=1S/C19H27N5O4S2/c1-23(10-15(20)25)18(27)17-14(7-8-24(17)16(26)11-29-2)22-19(28)21-12-5-4-6-13(9-12)30-3/h4-6,9,14,17H,7-8,10-11H2,1-3H3,(H2,20,25)(H2,21,22,28)/t14-,17+/m0/s1. The molecule has 164 valence electrons. The summed E-state index contributed by atoms with van der Waals surface area (Å²) in [5.74, 6) is -1.05. The number of benzene rings is 1. The van der Waals surface area contributed by atoms with Gasteiger partial charge in [0.25, 0.3) is 0 Å². The third-order valence-electron chi connectivity index (χ3n) is 4.65. The summed E-state index contributed by atoms with van der Waals surface area (Å²) in [5.41, 5.74) is 5.83. The number of nitrogens with one attached hydrogen (secondary N) is 2. The van der Waals surface area contributed by atoms with E-state index in [1.165, 1.54) is 28.6 Å². The van der Waals surface area contributed by atoms with Crippen molar-refractivity contribution in [3.05, 3.63) is 24.3 Å². The number of hydrogen-bond acceptors (Lipinski definition) is 6. The molecule has 0 spiro atoms. The van der Waals surface area contributed by atoms with Gasteiger partial charge in [0.2, 0.25) is 17.7 Å². The van der Waals surface area contributed by atoms with Gasteiger partial charge in [0.15, 0.2) is 0 Å². The number of urea groups is 1. The Labute approximate surface area is 184 Å². The van der Waals surface area contributed by atoms with Gasteiger partial charge in [-0.3, -0.25) is 14.4 Å². The third-order valence-corrected chi connectivity index (χ3v) is 5.91. The number of thioether (sulfide) groups is 2. The summed E-state index contributed by atoms with van der Waals surface area (Å²) in [6.45, 7) is 0.0768. The van der Waals surface area contributed by atoms with Crippen LogP contribution in [0, 0.1) is 0 Å². The molecule has 1 fully saturated rings. The van der Waals surface area contributed by atoms with E-state index in [9.17, 15) is 19.2 Å². The number of nitrogens with zero attached hydrogens (tertiary/aromatic N) is 2. The highest BCUT2D eigenvalue weighted by Gasteiger charge is 2.43. The number of carbonyl (C=O) groups is 4. The van der Waals surface area contributed by atoms with E-state index < -0.39 is 29.9 Å². The van der Waals surface area contributed by atoms with Crippen LogP contribution in [0.15, 0.2) is 29.2 Å². The molecule has 5 amide bonds. The second-order valence-electron chi connectivity index (χ2n) is 6.85. The number of hydrogen-bond donors (Lipinski definition) is 3. The molecule has 0 bridgehead atoms. The first kappa shape index (κ1) is 23.9. The lowest BCUT2D eigenvalue weighted by atomic mass is 10.1. The SMILES string of the molecule is CSCC(=O)N1CC[C@H](NC(=O)Nc2cccc(SC)c2)[C@@H]1C(=O)N(C)CC(N)=O. The van der Waals surface area contributed by atoms with E-state index in [0.717, 1.165) is 4.90 Å². The normalized spacial score (nSPS) is 18.0. The Balaban J connectivity index is 2.14. The van der Waals surface area contributed by atoms with E-state index in [4.69, 9.17) is 5.73 Å². The van der Waals surface area contributed by atoms with E-state index >= 15 is 0 Å². The zero-order valence-corrected chi connectivity index (χ0v) is 18.8. The number of primary amides is 1. The van der Waals surface area contributed by atoms with Crippen molar-refractivity contribution in [2.75, 3.05) is 43.7 Å². The summed E-state index contributed by atoms with van der Waals surface area (Å²) in [5, 5.41) is 5.57. The van der Waals surface area contributed by atoms with Gasteiger partial charge in [-0.05, 0) is 37.1 Å². The minimum atomic E-state index is -0.891. The number of amides is 5. The van der Waals surface area contributed by atoms with Gasteiger partial charge in [0, 0.05) is 24.2 Å². The van der Waals surface area contributed by atoms with Crippen molar-refractivity contribution in [2.45, 2.75) is 23.4 Å². The molecular weight excluding hydrogens is 426 g/mol. The number of carbonyl (C=O) groups excluding carboxylic acids is 4. The van der Waals surface area contributed by atoms with Crippen LogP contribution in [0.3, 0.4) is 0 Å². The molecule has 0 aromatic heterocycles. The van der Waals surface area contributed by atoms with Gasteiger partial charge in [-0.15, -0.1) is 11.8 Å². The van der Waals surface area contributed by atoms with Crippen molar-refractivity contribution in [3.8, 4) is 0 Å². The minimum absolute atomic E-state index is 0.189. The maximum atomic E-state index is 13.0. The Morgan fingerprint density at radius 2 is 2.00 bits per heavy atom. The largest absolute Gasteiger partial charge is 0.368 e. The first-order valence-electron chi connectivity index (χ1n) is 9.30. The van der Waals surface area contributed by atoms with Gasteiger partial charge in [0.1, 0.15) is 6.04 Å². The molecule has 0 radical (unpaired) electrons. The molecule has 0 saturated carbocycles. The van der Waals surface area contributed by atoms with Crippen molar-refractivity contribution in [3.63, 3.8) is 0 Å². The quantitative estimate of drug-likeness (QED) is 0.500. The number of likely N-dealkylation sites (N-methyl/N-ethyl adjacent to an activating group) is 1. The molecule has 11 heteroatoms. The van der Waals surface area contributed by atoms with Crippen LogP contribution in [0.1, 0.15) is 6.42 Å². The summed E-state index contributed by atoms with van der Waals surface area (Å²) < 4.78 is 0. The molecule has 0 unspecified atom stereocenters. The van der Waals surface area contributed by atoms with Crippen LogP contribution in [0.2, 0.25) is 0 Å². The average Bonchev–Trinajstić information content (AvgIpc) is 3.10. The first-order valence-corrected chi connectivity index (χ1v) is 11.9. The van der Waals surface area contributed by atoms with Crippen LogP contribution in [-0.4, -0.2) is 84.0 Å². The molecule has 1 saturated heterocycles. The lowest BCUT2D eigenvalue weighted by Gasteiger charge is -2.30. The van der Waals surface area contributed by atoms with Gasteiger partial charge in [-0.25, -0.2) is 4.79 Å². The van der Waals surface area contributed by atoms with Gasteiger partial charge < -0.3 is 26.2 Å². The number of anilines is 1. The van der Waals surface area contributed by atoms with Crippen LogP contribution < -0.4 is 16.4 Å². The number of rotatable bonds is 8. The molecule has 1 aliphatic rings. The molecular formula is C19H27N5O4S2. The Morgan fingerprint density at radius 3 is 2.63 bits per heavy atom. The van der Waals surface area contributed by atoms with Gasteiger partial charge in [-0.2, -0.15) is 11.8 Å². The molecule has 30 heavy (non-hydrogen) atoms. The highest BCUT2D eigenvalue weighted by molar-refractivity contribution is 7.99. The maximum Gasteiger partial charge on any atom is 0.319 e. The lowest BCUT2D eigenvalue weighted by molar-refractivity contribution is -0.143. The van der Waals surface area contributed by atoms with Crippen molar-refractivity contribution in [1.29, 1.82) is 0 Å². The van der Waals surface area contributed by atoms with Crippen molar-refractivity contribution in [2.24, 2.45) is 5.73 Å². The fraction of sp³-hybridized carbons (Fsp3) is 0.474. The van der Waals surface area contributed by atoms with E-state index in [0.29, 0.717) is 18.7 Å². The van der Waals surface area contributed by atoms with Crippen molar-refractivity contribution >= 4 is 53.0 Å². The first-order chi connectivity index (χ1) is 14.3. The van der Waals surface area contributed by atoms with Gasteiger partial charge in [0.05, 0.1) is 18.3 Å². The summed E-state index contributed by atoms with van der Waals surface area (Å²) in [6, 6.07) is 5.45. The molecule has 1 aromatic carbocycles. The zero-order chi connectivity index (χ0) is 22.3. The van der Waals surface area contributed by atoms with E-state index in [2.05, 4.69) is 10.6 Å². The van der Waals surface area contributed by atoms with Crippen LogP contribution in [-0.2, 0) is 14.4 Å². The predicted molar refractivity (Wildman–Crippen MR) is 119 cm³/mol. The van der Waals surface area contributed by atoms with Crippen LogP contribution in [0.5, 0.6) is 0 Å². The summed E-state index contributed by atoms with van der Waals surface area (Å²) in [7, 11) is 1.45. The second-order valence-corrected chi connectivity index (χ2v) is 8.60. The van der Waals surface area contributed by atoms with Crippen molar-refractivity contribution in [1.82, 2.24) is 15.1 Å². The maximum absolute atomic E-state index is 13.0. The van der Waals surface area contributed by atoms with Crippen LogP contribution in [0.25, 0.3) is 0 Å². The molecule has 1 aliphatic heterocycles. The average molecular weight is 454 g/mol. The molecule has 1 heterocycles. The highest BCUT2D eigenvalue weighted by Crippen LogP contribution is 2.22. The number of nitrogens with two attached hydrogens (primary N) is 1. The topological polar surface area (TPSA) is 125 Å². The van der Waals surface area contributed by atoms with Gasteiger partial charge >= 0.3 is 6.03 Å². The summed E-state index contributed by atoms with van der Waals surface area (Å²) in [6.07, 6.45) is 4.17. The van der Waals surface area contributed by atoms with Gasteiger partial charge in [-0.1, -0.05) is 6.07 Å². The fourth-order valence-electron chi connectivity index (χ4n) is 3.31. The highest BCUT2D eigenvalue weighted by atomic mass is 32.2. The molecule has 4 N–H and O–H groups in total. The van der Waals surface area contributed by atoms with Crippen LogP contribution in [0.4, 0.5) is 10.5 Å². The fourth-order valence-corrected chi connectivity index (χ4v) is 4.18. The molecule has 2 atom stereocenters. The third kappa shape index (κ3) is 6.30. The summed E-state index contributed by atoms with van der Waals surface area (Å²) in [4.78, 5) is 52.9. The molecule has 0 aliphatic carbocycles. The molecule has 1 aromatic rings. The zero-order valence-electron chi connectivity index (χ0n) is 17.2. The Bertz CT molecular complexity index is 807. The Morgan fingerprint density at radius 1 is 1.27 bits per heavy atom. The second kappa shape index (κ2) is 11.1. The molecule has 2 rings (SSSR count). The monoisotopic (exact) mass is 453 g/mol. The summed E-state index contributed by atoms with van der Waals surface area (Å²) >= 11 is 2.92. The Kier molecular flexibility index (Phi) is 8.85. The number of likely N-dealkylation sites (tertiary alicyclic amines) is 1. The minimum Gasteiger partial charge on any atom is -0.368 e. The van der Waals surface area contributed by atoms with E-state index in [-0.39, 0.29) is 18.2 Å². The van der Waals surface area contributed by atoms with Crippen molar-refractivity contribution < 1.29 is 19.2 Å². The van der Waals surface area contributed by atoms with E-state index in [1.54, 1.807) is 24.1 Å².